The summed E-state index contributed by atoms with van der Waals surface area (Å²) >= 11 is 12.7. The van der Waals surface area contributed by atoms with E-state index < -0.39 is 0 Å². The lowest BCUT2D eigenvalue weighted by atomic mass is 9.96. The zero-order chi connectivity index (χ0) is 23.4. The summed E-state index contributed by atoms with van der Waals surface area (Å²) in [5.74, 6) is 0.834. The fourth-order valence-corrected chi connectivity index (χ4v) is 4.04. The summed E-state index contributed by atoms with van der Waals surface area (Å²) in [6.45, 7) is 1.99. The van der Waals surface area contributed by atoms with E-state index in [1.807, 2.05) is 67.6 Å². The van der Waals surface area contributed by atoms with E-state index in [1.165, 1.54) is 0 Å². The van der Waals surface area contributed by atoms with Crippen LogP contribution in [0.1, 0.15) is 24.8 Å². The molecule has 0 aliphatic heterocycles. The van der Waals surface area contributed by atoms with Crippen LogP contribution >= 0.6 is 23.2 Å². The number of ether oxygens (including phenoxy) is 1. The number of nitrogens with one attached hydrogen (secondary N) is 1. The standard InChI is InChI=1S/C26H23Cl2N3O2/c1-3-21(17-7-5-4-6-8-17)26(32)29-25-16-23(18-9-12-20(33-2)13-10-18)30-31(25)24-15-19(27)11-14-22(24)28/h4-16,21H,3H2,1-2H3,(H,29,32). The molecule has 1 N–H and O–H groups in total. The fraction of sp³-hybridized carbons (Fsp3) is 0.154. The molecule has 0 saturated heterocycles. The molecule has 1 unspecified atom stereocenters. The lowest BCUT2D eigenvalue weighted by molar-refractivity contribution is -0.117. The van der Waals surface area contributed by atoms with Gasteiger partial charge in [-0.1, -0.05) is 60.5 Å². The molecule has 0 saturated carbocycles. The number of nitrogens with zero attached hydrogens (tertiary/aromatic N) is 2. The summed E-state index contributed by atoms with van der Waals surface area (Å²) in [5, 5.41) is 8.77. The topological polar surface area (TPSA) is 56.1 Å². The van der Waals surface area contributed by atoms with E-state index >= 15 is 0 Å². The number of aromatic nitrogens is 2. The Labute approximate surface area is 202 Å². The van der Waals surface area contributed by atoms with Gasteiger partial charge in [-0.2, -0.15) is 5.10 Å². The van der Waals surface area contributed by atoms with Crippen molar-refractivity contribution in [3.05, 3.63) is 94.5 Å². The summed E-state index contributed by atoms with van der Waals surface area (Å²) in [6.07, 6.45) is 0.660. The van der Waals surface area contributed by atoms with E-state index in [2.05, 4.69) is 5.32 Å². The van der Waals surface area contributed by atoms with Crippen molar-refractivity contribution in [1.82, 2.24) is 9.78 Å². The van der Waals surface area contributed by atoms with Crippen LogP contribution in [0.5, 0.6) is 5.75 Å². The second-order valence-electron chi connectivity index (χ2n) is 7.51. The zero-order valence-corrected chi connectivity index (χ0v) is 19.8. The first kappa shape index (κ1) is 22.9. The number of hydrogen-bond acceptors (Lipinski definition) is 3. The molecule has 7 heteroatoms. The van der Waals surface area contributed by atoms with Crippen LogP contribution in [-0.2, 0) is 4.79 Å². The number of amides is 1. The number of anilines is 1. The molecule has 0 radical (unpaired) electrons. The predicted molar refractivity (Wildman–Crippen MR) is 134 cm³/mol. The first-order valence-electron chi connectivity index (χ1n) is 10.6. The smallest absolute Gasteiger partial charge is 0.233 e. The SMILES string of the molecule is CCC(C(=O)Nc1cc(-c2ccc(OC)cc2)nn1-c1cc(Cl)ccc1Cl)c1ccccc1. The van der Waals surface area contributed by atoms with Crippen molar-refractivity contribution in [2.75, 3.05) is 12.4 Å². The van der Waals surface area contributed by atoms with Crippen LogP contribution in [-0.4, -0.2) is 22.8 Å². The van der Waals surface area contributed by atoms with Crippen LogP contribution in [0.3, 0.4) is 0 Å². The Morgan fingerprint density at radius 2 is 1.76 bits per heavy atom. The Balaban J connectivity index is 1.75. The molecule has 4 rings (SSSR count). The number of benzene rings is 3. The lowest BCUT2D eigenvalue weighted by Crippen LogP contribution is -2.22. The Morgan fingerprint density at radius 1 is 1.03 bits per heavy atom. The minimum atomic E-state index is -0.297. The van der Waals surface area contributed by atoms with Crippen molar-refractivity contribution in [3.8, 4) is 22.7 Å². The predicted octanol–water partition coefficient (Wildman–Crippen LogP) is 6.99. The monoisotopic (exact) mass is 479 g/mol. The highest BCUT2D eigenvalue weighted by atomic mass is 35.5. The normalized spacial score (nSPS) is 11.8. The molecule has 1 atom stereocenters. The minimum Gasteiger partial charge on any atom is -0.497 e. The van der Waals surface area contributed by atoms with Gasteiger partial charge in [0.25, 0.3) is 0 Å². The quantitative estimate of drug-likeness (QED) is 0.310. The van der Waals surface area contributed by atoms with Crippen molar-refractivity contribution in [2.24, 2.45) is 0 Å². The maximum absolute atomic E-state index is 13.3. The summed E-state index contributed by atoms with van der Waals surface area (Å²) in [5.41, 5.74) is 3.08. The average Bonchev–Trinajstić information content (AvgIpc) is 3.25. The van der Waals surface area contributed by atoms with Gasteiger partial charge in [-0.3, -0.25) is 4.79 Å². The molecule has 5 nitrogen and oxygen atoms in total. The van der Waals surface area contributed by atoms with Gasteiger partial charge >= 0.3 is 0 Å². The Morgan fingerprint density at radius 3 is 2.42 bits per heavy atom. The van der Waals surface area contributed by atoms with Crippen molar-refractivity contribution in [1.29, 1.82) is 0 Å². The maximum atomic E-state index is 13.3. The summed E-state index contributed by atoms with van der Waals surface area (Å²) in [4.78, 5) is 13.3. The van der Waals surface area contributed by atoms with Gasteiger partial charge in [0.2, 0.25) is 5.91 Å². The van der Waals surface area contributed by atoms with E-state index in [0.717, 1.165) is 16.9 Å². The highest BCUT2D eigenvalue weighted by molar-refractivity contribution is 6.34. The third-order valence-corrected chi connectivity index (χ3v) is 5.96. The molecular weight excluding hydrogens is 457 g/mol. The molecular formula is C26H23Cl2N3O2. The van der Waals surface area contributed by atoms with Crippen molar-refractivity contribution < 1.29 is 9.53 Å². The van der Waals surface area contributed by atoms with Gasteiger partial charge in [0.05, 0.1) is 29.4 Å². The Hall–Kier alpha value is -3.28. The van der Waals surface area contributed by atoms with Gasteiger partial charge in [-0.25, -0.2) is 4.68 Å². The molecule has 0 bridgehead atoms. The van der Waals surface area contributed by atoms with E-state index in [1.54, 1.807) is 30.0 Å². The average molecular weight is 480 g/mol. The number of carbonyl (C=O) groups excluding carboxylic acids is 1. The van der Waals surface area contributed by atoms with Crippen LogP contribution < -0.4 is 10.1 Å². The Kier molecular flexibility index (Phi) is 7.02. The van der Waals surface area contributed by atoms with Gasteiger partial charge in [0.15, 0.2) is 0 Å². The van der Waals surface area contributed by atoms with Gasteiger partial charge in [0.1, 0.15) is 11.6 Å². The second-order valence-corrected chi connectivity index (χ2v) is 8.36. The van der Waals surface area contributed by atoms with Crippen LogP contribution in [0.25, 0.3) is 16.9 Å². The summed E-state index contributed by atoms with van der Waals surface area (Å²) in [6, 6.07) is 24.2. The number of rotatable bonds is 7. The third-order valence-electron chi connectivity index (χ3n) is 5.41. The number of carbonyl (C=O) groups is 1. The van der Waals surface area contributed by atoms with E-state index in [4.69, 9.17) is 33.0 Å². The number of halogens is 2. The number of hydrogen-bond donors (Lipinski definition) is 1. The van der Waals surface area contributed by atoms with Crippen LogP contribution in [0.2, 0.25) is 10.0 Å². The van der Waals surface area contributed by atoms with Crippen molar-refractivity contribution >= 4 is 34.9 Å². The van der Waals surface area contributed by atoms with Crippen LogP contribution in [0.15, 0.2) is 78.9 Å². The molecule has 33 heavy (non-hydrogen) atoms. The van der Waals surface area contributed by atoms with E-state index in [-0.39, 0.29) is 11.8 Å². The second kappa shape index (κ2) is 10.1. The van der Waals surface area contributed by atoms with Gasteiger partial charge < -0.3 is 10.1 Å². The van der Waals surface area contributed by atoms with Crippen molar-refractivity contribution in [2.45, 2.75) is 19.3 Å². The maximum Gasteiger partial charge on any atom is 0.233 e. The Bertz CT molecular complexity index is 1250. The van der Waals surface area contributed by atoms with E-state index in [0.29, 0.717) is 33.7 Å². The molecule has 0 fully saturated rings. The third kappa shape index (κ3) is 5.05. The first-order chi connectivity index (χ1) is 16.0. The molecule has 4 aromatic rings. The van der Waals surface area contributed by atoms with Crippen LogP contribution in [0.4, 0.5) is 5.82 Å². The van der Waals surface area contributed by atoms with E-state index in [9.17, 15) is 4.79 Å². The van der Waals surface area contributed by atoms with Gasteiger partial charge in [0, 0.05) is 16.7 Å². The zero-order valence-electron chi connectivity index (χ0n) is 18.3. The van der Waals surface area contributed by atoms with Gasteiger partial charge in [-0.05, 0) is 54.4 Å². The molecule has 0 aliphatic rings. The molecule has 1 aromatic heterocycles. The molecule has 3 aromatic carbocycles. The highest BCUT2D eigenvalue weighted by Crippen LogP contribution is 2.31. The summed E-state index contributed by atoms with van der Waals surface area (Å²) < 4.78 is 6.87. The minimum absolute atomic E-state index is 0.121. The molecule has 0 spiro atoms. The van der Waals surface area contributed by atoms with Crippen molar-refractivity contribution in [3.63, 3.8) is 0 Å². The lowest BCUT2D eigenvalue weighted by Gasteiger charge is -2.16. The first-order valence-corrected chi connectivity index (χ1v) is 11.3. The molecule has 1 amide bonds. The number of methoxy groups -OCH3 is 1. The highest BCUT2D eigenvalue weighted by Gasteiger charge is 2.22. The van der Waals surface area contributed by atoms with Gasteiger partial charge in [-0.15, -0.1) is 0 Å². The molecule has 0 aliphatic carbocycles. The molecule has 168 valence electrons. The summed E-state index contributed by atoms with van der Waals surface area (Å²) in [7, 11) is 1.62. The fourth-order valence-electron chi connectivity index (χ4n) is 3.68. The molecule has 1 heterocycles. The van der Waals surface area contributed by atoms with Crippen LogP contribution in [0, 0.1) is 0 Å². The largest absolute Gasteiger partial charge is 0.497 e.